The lowest BCUT2D eigenvalue weighted by Crippen LogP contribution is -2.26. The number of hydrogen-bond acceptors (Lipinski definition) is 1. The zero-order valence-electron chi connectivity index (χ0n) is 10.7. The van der Waals surface area contributed by atoms with E-state index in [1.165, 1.54) is 5.56 Å². The molecule has 1 nitrogen and oxygen atoms in total. The fourth-order valence-corrected chi connectivity index (χ4v) is 1.96. The van der Waals surface area contributed by atoms with E-state index in [1.54, 1.807) is 0 Å². The number of carbonyl (C=O) groups excluding carboxylic acids is 1. The summed E-state index contributed by atoms with van der Waals surface area (Å²) in [5.74, 6) is 1.09. The minimum Gasteiger partial charge on any atom is -0.299 e. The van der Waals surface area contributed by atoms with Gasteiger partial charge in [-0.2, -0.15) is 0 Å². The molecule has 1 aromatic rings. The fraction of sp³-hybridized carbons (Fsp3) is 0.533. The molecule has 1 heteroatoms. The Hall–Kier alpha value is -1.11. The normalized spacial score (nSPS) is 13.1. The van der Waals surface area contributed by atoms with Gasteiger partial charge in [0.25, 0.3) is 0 Å². The largest absolute Gasteiger partial charge is 0.299 e. The van der Waals surface area contributed by atoms with Crippen molar-refractivity contribution < 1.29 is 4.79 Å². The first kappa shape index (κ1) is 13.0. The smallest absolute Gasteiger partial charge is 0.139 e. The lowest BCUT2D eigenvalue weighted by atomic mass is 9.82. The van der Waals surface area contributed by atoms with Crippen molar-refractivity contribution in [3.63, 3.8) is 0 Å². The summed E-state index contributed by atoms with van der Waals surface area (Å²) in [5.41, 5.74) is 1.26. The summed E-state index contributed by atoms with van der Waals surface area (Å²) in [4.78, 5) is 12.1. The molecular formula is C15H22O. The Morgan fingerprint density at radius 3 is 2.06 bits per heavy atom. The number of ketones is 1. The molecular weight excluding hydrogens is 196 g/mol. The molecule has 0 N–H and O–H groups in total. The van der Waals surface area contributed by atoms with E-state index < -0.39 is 0 Å². The SMILES string of the molecule is CC(C)C(=O)[C@H](Cc1ccccc1)C(C)C. The number of benzene rings is 1. The highest BCUT2D eigenvalue weighted by Gasteiger charge is 2.24. The van der Waals surface area contributed by atoms with Gasteiger partial charge >= 0.3 is 0 Å². The second-order valence-corrected chi connectivity index (χ2v) is 5.10. The highest BCUT2D eigenvalue weighted by atomic mass is 16.1. The Morgan fingerprint density at radius 2 is 1.62 bits per heavy atom. The first-order chi connectivity index (χ1) is 7.52. The molecule has 0 radical (unpaired) electrons. The first-order valence-electron chi connectivity index (χ1n) is 6.10. The van der Waals surface area contributed by atoms with Crippen LogP contribution in [-0.2, 0) is 11.2 Å². The van der Waals surface area contributed by atoms with Crippen LogP contribution in [0.5, 0.6) is 0 Å². The van der Waals surface area contributed by atoms with E-state index in [-0.39, 0.29) is 11.8 Å². The number of hydrogen-bond donors (Lipinski definition) is 0. The molecule has 0 bridgehead atoms. The summed E-state index contributed by atoms with van der Waals surface area (Å²) >= 11 is 0. The predicted molar refractivity (Wildman–Crippen MR) is 68.3 cm³/mol. The zero-order chi connectivity index (χ0) is 12.1. The first-order valence-corrected chi connectivity index (χ1v) is 6.10. The molecule has 16 heavy (non-hydrogen) atoms. The molecule has 0 aliphatic carbocycles. The van der Waals surface area contributed by atoms with Gasteiger partial charge in [0.1, 0.15) is 5.78 Å². The van der Waals surface area contributed by atoms with Gasteiger partial charge < -0.3 is 0 Å². The molecule has 0 fully saturated rings. The van der Waals surface area contributed by atoms with E-state index in [0.717, 1.165) is 6.42 Å². The second kappa shape index (κ2) is 5.83. The van der Waals surface area contributed by atoms with Crippen LogP contribution in [0.2, 0.25) is 0 Å². The summed E-state index contributed by atoms with van der Waals surface area (Å²) in [5, 5.41) is 0. The van der Waals surface area contributed by atoms with Gasteiger partial charge in [-0.1, -0.05) is 58.0 Å². The minimum atomic E-state index is 0.135. The van der Waals surface area contributed by atoms with Crippen LogP contribution in [0.4, 0.5) is 0 Å². The summed E-state index contributed by atoms with van der Waals surface area (Å²) in [6.07, 6.45) is 0.871. The maximum absolute atomic E-state index is 12.1. The van der Waals surface area contributed by atoms with Gasteiger partial charge in [-0.05, 0) is 17.9 Å². The summed E-state index contributed by atoms with van der Waals surface area (Å²) < 4.78 is 0. The maximum atomic E-state index is 12.1. The van der Waals surface area contributed by atoms with Crippen LogP contribution in [0, 0.1) is 17.8 Å². The average Bonchev–Trinajstić information content (AvgIpc) is 2.26. The summed E-state index contributed by atoms with van der Waals surface area (Å²) in [7, 11) is 0. The third kappa shape index (κ3) is 3.48. The summed E-state index contributed by atoms with van der Waals surface area (Å²) in [6, 6.07) is 10.3. The van der Waals surface area contributed by atoms with Crippen LogP contribution >= 0.6 is 0 Å². The highest BCUT2D eigenvalue weighted by Crippen LogP contribution is 2.21. The molecule has 1 rings (SSSR count). The standard InChI is InChI=1S/C15H22O/c1-11(2)14(15(16)12(3)4)10-13-8-6-5-7-9-13/h5-9,11-12,14H,10H2,1-4H3/t14-/m1/s1. The van der Waals surface area contributed by atoms with E-state index in [2.05, 4.69) is 26.0 Å². The average molecular weight is 218 g/mol. The van der Waals surface area contributed by atoms with E-state index in [0.29, 0.717) is 11.7 Å². The molecule has 0 unspecified atom stereocenters. The van der Waals surface area contributed by atoms with Gasteiger partial charge in [-0.15, -0.1) is 0 Å². The third-order valence-corrected chi connectivity index (χ3v) is 3.04. The van der Waals surface area contributed by atoms with Crippen molar-refractivity contribution in [3.8, 4) is 0 Å². The van der Waals surface area contributed by atoms with Gasteiger partial charge in [0.15, 0.2) is 0 Å². The predicted octanol–water partition coefficient (Wildman–Crippen LogP) is 3.73. The van der Waals surface area contributed by atoms with Crippen LogP contribution in [-0.4, -0.2) is 5.78 Å². The van der Waals surface area contributed by atoms with Gasteiger partial charge in [0.2, 0.25) is 0 Å². The molecule has 1 atom stereocenters. The topological polar surface area (TPSA) is 17.1 Å². The lowest BCUT2D eigenvalue weighted by molar-refractivity contribution is -0.127. The van der Waals surface area contributed by atoms with E-state index in [9.17, 15) is 4.79 Å². The van der Waals surface area contributed by atoms with Crippen LogP contribution < -0.4 is 0 Å². The van der Waals surface area contributed by atoms with E-state index in [4.69, 9.17) is 0 Å². The molecule has 88 valence electrons. The number of carbonyl (C=O) groups is 1. The van der Waals surface area contributed by atoms with Gasteiger partial charge in [-0.3, -0.25) is 4.79 Å². The lowest BCUT2D eigenvalue weighted by Gasteiger charge is -2.21. The van der Waals surface area contributed by atoms with E-state index >= 15 is 0 Å². The molecule has 0 saturated carbocycles. The molecule has 0 amide bonds. The van der Waals surface area contributed by atoms with Crippen molar-refractivity contribution in [3.05, 3.63) is 35.9 Å². The van der Waals surface area contributed by atoms with Gasteiger partial charge in [0.05, 0.1) is 0 Å². The van der Waals surface area contributed by atoms with Crippen molar-refractivity contribution in [2.24, 2.45) is 17.8 Å². The summed E-state index contributed by atoms with van der Waals surface area (Å²) in [6.45, 7) is 8.24. The van der Waals surface area contributed by atoms with Gasteiger partial charge in [0, 0.05) is 11.8 Å². The molecule has 0 saturated heterocycles. The Morgan fingerprint density at radius 1 is 1.06 bits per heavy atom. The quantitative estimate of drug-likeness (QED) is 0.736. The third-order valence-electron chi connectivity index (χ3n) is 3.04. The van der Waals surface area contributed by atoms with Crippen molar-refractivity contribution in [1.82, 2.24) is 0 Å². The fourth-order valence-electron chi connectivity index (χ4n) is 1.96. The van der Waals surface area contributed by atoms with Crippen molar-refractivity contribution in [2.75, 3.05) is 0 Å². The number of Topliss-reactive ketones (excluding diaryl/α,β-unsaturated/α-hetero) is 1. The van der Waals surface area contributed by atoms with Crippen LogP contribution in [0.1, 0.15) is 33.3 Å². The molecule has 0 spiro atoms. The molecule has 0 aliphatic rings. The van der Waals surface area contributed by atoms with Crippen LogP contribution in [0.3, 0.4) is 0 Å². The number of rotatable bonds is 5. The minimum absolute atomic E-state index is 0.135. The molecule has 0 aromatic heterocycles. The van der Waals surface area contributed by atoms with Crippen LogP contribution in [0.25, 0.3) is 0 Å². The van der Waals surface area contributed by atoms with E-state index in [1.807, 2.05) is 32.0 Å². The Bertz CT molecular complexity index is 325. The zero-order valence-corrected chi connectivity index (χ0v) is 10.7. The Balaban J connectivity index is 2.77. The Labute approximate surface area is 98.9 Å². The van der Waals surface area contributed by atoms with Crippen molar-refractivity contribution in [2.45, 2.75) is 34.1 Å². The highest BCUT2D eigenvalue weighted by molar-refractivity contribution is 5.83. The second-order valence-electron chi connectivity index (χ2n) is 5.10. The molecule has 1 aromatic carbocycles. The monoisotopic (exact) mass is 218 g/mol. The van der Waals surface area contributed by atoms with Crippen molar-refractivity contribution in [1.29, 1.82) is 0 Å². The van der Waals surface area contributed by atoms with Crippen LogP contribution in [0.15, 0.2) is 30.3 Å². The maximum Gasteiger partial charge on any atom is 0.139 e. The van der Waals surface area contributed by atoms with Gasteiger partial charge in [-0.25, -0.2) is 0 Å². The Kier molecular flexibility index (Phi) is 4.72. The molecule has 0 aliphatic heterocycles. The molecule has 0 heterocycles. The van der Waals surface area contributed by atoms with Crippen molar-refractivity contribution >= 4 is 5.78 Å².